The molecule has 0 heterocycles. The smallest absolute Gasteiger partial charge is 0.259 e. The second kappa shape index (κ2) is 8.33. The van der Waals surface area contributed by atoms with E-state index >= 15 is 0 Å². The maximum Gasteiger partial charge on any atom is 0.259 e. The Bertz CT molecular complexity index is 725. The molecule has 0 unspecified atom stereocenters. The summed E-state index contributed by atoms with van der Waals surface area (Å²) in [6, 6.07) is 12.9. The van der Waals surface area contributed by atoms with Crippen LogP contribution in [0.15, 0.2) is 53.6 Å². The molecule has 3 N–H and O–H groups in total. The Hall–Kier alpha value is -3.35. The first-order valence-electron chi connectivity index (χ1n) is 7.11. The van der Waals surface area contributed by atoms with Crippen molar-refractivity contribution >= 4 is 18.0 Å². The van der Waals surface area contributed by atoms with Crippen molar-refractivity contribution in [1.82, 2.24) is 10.7 Å². The average molecular weight is 327 g/mol. The van der Waals surface area contributed by atoms with Gasteiger partial charge in [0.15, 0.2) is 0 Å². The number of aromatic hydroxyl groups is 1. The molecule has 7 heteroatoms. The predicted octanol–water partition coefficient (Wildman–Crippen LogP) is 1.28. The van der Waals surface area contributed by atoms with Gasteiger partial charge in [0, 0.05) is 5.56 Å². The molecule has 7 nitrogen and oxygen atoms in total. The van der Waals surface area contributed by atoms with Gasteiger partial charge in [0.05, 0.1) is 19.9 Å². The number of hydrazone groups is 1. The topological polar surface area (TPSA) is 100 Å². The quantitative estimate of drug-likeness (QED) is 0.549. The van der Waals surface area contributed by atoms with Crippen LogP contribution in [0, 0.1) is 0 Å². The van der Waals surface area contributed by atoms with E-state index in [-0.39, 0.29) is 18.2 Å². The number of nitrogens with one attached hydrogen (secondary N) is 2. The summed E-state index contributed by atoms with van der Waals surface area (Å²) in [6.07, 6.45) is 1.43. The Balaban J connectivity index is 1.77. The number of hydrogen-bond donors (Lipinski definition) is 3. The Morgan fingerprint density at radius 1 is 1.12 bits per heavy atom. The zero-order valence-corrected chi connectivity index (χ0v) is 13.0. The van der Waals surface area contributed by atoms with Crippen LogP contribution in [-0.2, 0) is 4.79 Å². The number of rotatable bonds is 6. The van der Waals surface area contributed by atoms with Crippen LogP contribution in [0.2, 0.25) is 0 Å². The lowest BCUT2D eigenvalue weighted by molar-refractivity contribution is -0.120. The number of carbonyl (C=O) groups is 2. The van der Waals surface area contributed by atoms with E-state index in [1.165, 1.54) is 25.5 Å². The van der Waals surface area contributed by atoms with Gasteiger partial charge in [0.2, 0.25) is 0 Å². The zero-order valence-electron chi connectivity index (χ0n) is 13.0. The molecule has 0 saturated carbocycles. The van der Waals surface area contributed by atoms with Crippen molar-refractivity contribution in [3.63, 3.8) is 0 Å². The van der Waals surface area contributed by atoms with Crippen molar-refractivity contribution in [2.75, 3.05) is 13.7 Å². The van der Waals surface area contributed by atoms with Gasteiger partial charge in [-0.15, -0.1) is 0 Å². The van der Waals surface area contributed by atoms with Gasteiger partial charge in [-0.2, -0.15) is 5.10 Å². The average Bonchev–Trinajstić information content (AvgIpc) is 2.61. The number of methoxy groups -OCH3 is 1. The molecule has 0 aliphatic rings. The van der Waals surface area contributed by atoms with Gasteiger partial charge in [0.25, 0.3) is 11.8 Å². The molecule has 0 aromatic heterocycles. The van der Waals surface area contributed by atoms with Crippen molar-refractivity contribution in [3.8, 4) is 11.5 Å². The maximum atomic E-state index is 11.9. The normalized spacial score (nSPS) is 10.4. The number of benzene rings is 2. The lowest BCUT2D eigenvalue weighted by Gasteiger charge is -2.05. The zero-order chi connectivity index (χ0) is 17.4. The first-order valence-corrected chi connectivity index (χ1v) is 7.11. The van der Waals surface area contributed by atoms with Crippen molar-refractivity contribution in [2.45, 2.75) is 0 Å². The van der Waals surface area contributed by atoms with Crippen LogP contribution >= 0.6 is 0 Å². The second-order valence-electron chi connectivity index (χ2n) is 4.80. The van der Waals surface area contributed by atoms with Gasteiger partial charge < -0.3 is 15.2 Å². The third kappa shape index (κ3) is 5.13. The summed E-state index contributed by atoms with van der Waals surface area (Å²) in [4.78, 5) is 23.5. The number of amides is 2. The minimum absolute atomic E-state index is 0.150. The number of carbonyl (C=O) groups excluding carboxylic acids is 2. The first-order chi connectivity index (χ1) is 11.6. The van der Waals surface area contributed by atoms with Gasteiger partial charge in [0.1, 0.15) is 11.5 Å². The highest BCUT2D eigenvalue weighted by Gasteiger charge is 2.07. The Morgan fingerprint density at radius 2 is 1.79 bits per heavy atom. The predicted molar refractivity (Wildman–Crippen MR) is 89.2 cm³/mol. The van der Waals surface area contributed by atoms with Gasteiger partial charge >= 0.3 is 0 Å². The molecule has 0 spiro atoms. The third-order valence-corrected chi connectivity index (χ3v) is 3.06. The van der Waals surface area contributed by atoms with Crippen LogP contribution in [0.4, 0.5) is 0 Å². The Labute approximate surface area is 139 Å². The molecule has 2 aromatic carbocycles. The molecule has 0 radical (unpaired) electrons. The first kappa shape index (κ1) is 17.0. The number of ether oxygens (including phenoxy) is 1. The summed E-state index contributed by atoms with van der Waals surface area (Å²) < 4.78 is 5.01. The summed E-state index contributed by atoms with van der Waals surface area (Å²) in [6.45, 7) is -0.197. The van der Waals surface area contributed by atoms with E-state index in [1.54, 1.807) is 36.4 Å². The molecule has 0 atom stereocenters. The van der Waals surface area contributed by atoms with E-state index in [2.05, 4.69) is 15.8 Å². The Kier molecular flexibility index (Phi) is 5.90. The minimum atomic E-state index is -0.452. The van der Waals surface area contributed by atoms with Crippen LogP contribution in [0.25, 0.3) is 0 Å². The van der Waals surface area contributed by atoms with Gasteiger partial charge in [-0.05, 0) is 54.1 Å². The summed E-state index contributed by atoms with van der Waals surface area (Å²) in [5.74, 6) is -0.0208. The molecule has 124 valence electrons. The second-order valence-corrected chi connectivity index (χ2v) is 4.80. The van der Waals surface area contributed by atoms with Crippen molar-refractivity contribution in [1.29, 1.82) is 0 Å². The Morgan fingerprint density at radius 3 is 2.42 bits per heavy atom. The van der Waals surface area contributed by atoms with E-state index in [4.69, 9.17) is 9.84 Å². The molecule has 2 amide bonds. The molecule has 24 heavy (non-hydrogen) atoms. The van der Waals surface area contributed by atoms with Gasteiger partial charge in [-0.1, -0.05) is 0 Å². The van der Waals surface area contributed by atoms with Crippen LogP contribution in [0.1, 0.15) is 15.9 Å². The standard InChI is InChI=1S/C17H17N3O4/c1-24-15-8-4-13(5-9-15)17(23)18-11-16(22)20-19-10-12-2-6-14(21)7-3-12/h2-10,21H,11H2,1H3,(H,18,23)(H,20,22)/b19-10-. The molecule has 0 aliphatic carbocycles. The molecule has 0 bridgehead atoms. The number of phenolic OH excluding ortho intramolecular Hbond substituents is 1. The van der Waals surface area contributed by atoms with Crippen molar-refractivity contribution in [3.05, 3.63) is 59.7 Å². The van der Waals surface area contributed by atoms with Crippen LogP contribution in [0.3, 0.4) is 0 Å². The number of nitrogens with zero attached hydrogens (tertiary/aromatic N) is 1. The fourth-order valence-electron chi connectivity index (χ4n) is 1.78. The van der Waals surface area contributed by atoms with Crippen LogP contribution in [0.5, 0.6) is 11.5 Å². The highest BCUT2D eigenvalue weighted by atomic mass is 16.5. The maximum absolute atomic E-state index is 11.9. The monoisotopic (exact) mass is 327 g/mol. The molecular weight excluding hydrogens is 310 g/mol. The summed E-state index contributed by atoms with van der Waals surface area (Å²) in [7, 11) is 1.54. The molecule has 0 saturated heterocycles. The molecule has 2 aromatic rings. The third-order valence-electron chi connectivity index (χ3n) is 3.06. The van der Waals surface area contributed by atoms with Gasteiger partial charge in [-0.25, -0.2) is 5.43 Å². The summed E-state index contributed by atoms with van der Waals surface area (Å²) in [5.41, 5.74) is 3.45. The number of hydrogen-bond acceptors (Lipinski definition) is 5. The van der Waals surface area contributed by atoms with E-state index in [0.29, 0.717) is 11.3 Å². The van der Waals surface area contributed by atoms with Crippen molar-refractivity contribution in [2.24, 2.45) is 5.10 Å². The van der Waals surface area contributed by atoms with E-state index < -0.39 is 5.91 Å². The lowest BCUT2D eigenvalue weighted by Crippen LogP contribution is -2.34. The highest BCUT2D eigenvalue weighted by molar-refractivity contribution is 5.96. The van der Waals surface area contributed by atoms with Crippen molar-refractivity contribution < 1.29 is 19.4 Å². The van der Waals surface area contributed by atoms with Gasteiger partial charge in [-0.3, -0.25) is 9.59 Å². The largest absolute Gasteiger partial charge is 0.508 e. The number of phenols is 1. The summed E-state index contributed by atoms with van der Waals surface area (Å²) in [5, 5.41) is 15.4. The van der Waals surface area contributed by atoms with E-state index in [1.807, 2.05) is 0 Å². The lowest BCUT2D eigenvalue weighted by atomic mass is 10.2. The fraction of sp³-hybridized carbons (Fsp3) is 0.118. The molecule has 0 fully saturated rings. The summed E-state index contributed by atoms with van der Waals surface area (Å²) >= 11 is 0. The van der Waals surface area contributed by atoms with E-state index in [9.17, 15) is 9.59 Å². The SMILES string of the molecule is COc1ccc(C(=O)NCC(=O)N/N=C\c2ccc(O)cc2)cc1. The molecule has 0 aliphatic heterocycles. The fourth-order valence-corrected chi connectivity index (χ4v) is 1.78. The minimum Gasteiger partial charge on any atom is -0.508 e. The molecule has 2 rings (SSSR count). The van der Waals surface area contributed by atoms with E-state index in [0.717, 1.165) is 5.56 Å². The molecular formula is C17H17N3O4. The highest BCUT2D eigenvalue weighted by Crippen LogP contribution is 2.11. The van der Waals surface area contributed by atoms with Crippen LogP contribution < -0.4 is 15.5 Å². The van der Waals surface area contributed by atoms with Crippen LogP contribution in [-0.4, -0.2) is 36.8 Å².